The lowest BCUT2D eigenvalue weighted by Crippen LogP contribution is -2.36. The molecule has 1 amide bonds. The van der Waals surface area contributed by atoms with E-state index in [1.54, 1.807) is 14.0 Å². The monoisotopic (exact) mass is 414 g/mol. The van der Waals surface area contributed by atoms with Crippen LogP contribution in [-0.4, -0.2) is 34.7 Å². The van der Waals surface area contributed by atoms with Crippen molar-refractivity contribution < 1.29 is 17.6 Å². The van der Waals surface area contributed by atoms with Crippen LogP contribution < -0.4 is 5.32 Å². The summed E-state index contributed by atoms with van der Waals surface area (Å²) in [6.45, 7) is 2.47. The lowest BCUT2D eigenvalue weighted by molar-refractivity contribution is -0.120. The van der Waals surface area contributed by atoms with Gasteiger partial charge in [-0.05, 0) is 18.2 Å². The number of hydrogen-bond donors (Lipinski definition) is 1. The van der Waals surface area contributed by atoms with E-state index in [0.29, 0.717) is 18.7 Å². The van der Waals surface area contributed by atoms with E-state index in [1.165, 1.54) is 10.4 Å². The van der Waals surface area contributed by atoms with Gasteiger partial charge in [0.1, 0.15) is 11.6 Å². The van der Waals surface area contributed by atoms with E-state index in [9.17, 15) is 17.6 Å². The van der Waals surface area contributed by atoms with Crippen molar-refractivity contribution in [2.24, 2.45) is 7.05 Å². The molecule has 10 heteroatoms. The number of imidazole rings is 1. The van der Waals surface area contributed by atoms with Crippen LogP contribution in [0.2, 0.25) is 5.02 Å². The molecule has 1 aromatic heterocycles. The van der Waals surface area contributed by atoms with Gasteiger partial charge in [0.15, 0.2) is 0 Å². The molecule has 0 unspecified atom stereocenters. The summed E-state index contributed by atoms with van der Waals surface area (Å²) in [6.07, 6.45) is 0.843. The maximum absolute atomic E-state index is 13.4. The van der Waals surface area contributed by atoms with Gasteiger partial charge >= 0.3 is 0 Å². The Hall–Kier alpha value is -1.97. The van der Waals surface area contributed by atoms with E-state index in [-0.39, 0.29) is 35.5 Å². The smallest absolute Gasteiger partial charge is 0.243 e. The maximum Gasteiger partial charge on any atom is 0.243 e. The predicted octanol–water partition coefficient (Wildman–Crippen LogP) is 1.99. The normalized spacial score (nSPS) is 14.8. The molecular weight excluding hydrogens is 395 g/mol. The summed E-state index contributed by atoms with van der Waals surface area (Å²) in [7, 11) is -2.01. The number of rotatable bonds is 5. The van der Waals surface area contributed by atoms with Gasteiger partial charge in [-0.1, -0.05) is 18.5 Å². The number of sulfonamides is 1. The molecule has 0 aliphatic carbocycles. The second-order valence-electron chi connectivity index (χ2n) is 6.28. The van der Waals surface area contributed by atoms with E-state index in [1.807, 2.05) is 4.57 Å². The Labute approximate surface area is 162 Å². The number of amides is 1. The fraction of sp³-hybridized carbons (Fsp3) is 0.412. The van der Waals surface area contributed by atoms with E-state index < -0.39 is 15.8 Å². The third kappa shape index (κ3) is 3.85. The molecule has 0 saturated carbocycles. The minimum atomic E-state index is -3.81. The summed E-state index contributed by atoms with van der Waals surface area (Å²) in [4.78, 5) is 15.9. The molecule has 1 aromatic carbocycles. The largest absolute Gasteiger partial charge is 0.349 e. The van der Waals surface area contributed by atoms with Crippen LogP contribution in [0.25, 0.3) is 0 Å². The number of carbonyl (C=O) groups excluding carboxylic acids is 1. The van der Waals surface area contributed by atoms with Gasteiger partial charge in [-0.2, -0.15) is 4.31 Å². The Morgan fingerprint density at radius 1 is 1.41 bits per heavy atom. The third-order valence-corrected chi connectivity index (χ3v) is 6.74. The topological polar surface area (TPSA) is 84.3 Å². The first-order valence-electron chi connectivity index (χ1n) is 8.49. The van der Waals surface area contributed by atoms with Crippen LogP contribution >= 0.6 is 11.6 Å². The van der Waals surface area contributed by atoms with Gasteiger partial charge in [0.25, 0.3) is 0 Å². The first-order valence-corrected chi connectivity index (χ1v) is 10.3. The van der Waals surface area contributed by atoms with Crippen LogP contribution in [0.3, 0.4) is 0 Å². The molecule has 27 heavy (non-hydrogen) atoms. The number of halogens is 2. The van der Waals surface area contributed by atoms with Crippen molar-refractivity contribution in [1.82, 2.24) is 19.2 Å². The van der Waals surface area contributed by atoms with Crippen molar-refractivity contribution in [1.29, 1.82) is 0 Å². The first-order chi connectivity index (χ1) is 12.7. The third-order valence-electron chi connectivity index (χ3n) is 4.61. The van der Waals surface area contributed by atoms with Gasteiger partial charge in [0.2, 0.25) is 15.9 Å². The number of hydrogen-bond acceptors (Lipinski definition) is 4. The summed E-state index contributed by atoms with van der Waals surface area (Å²) in [6, 6.07) is 3.38. The zero-order valence-electron chi connectivity index (χ0n) is 15.0. The number of fused-ring (bicyclic) bond motifs is 1. The number of nitrogens with one attached hydrogen (secondary N) is 1. The Kier molecular flexibility index (Phi) is 5.55. The Balaban J connectivity index is 1.84. The van der Waals surface area contributed by atoms with Crippen molar-refractivity contribution in [2.45, 2.75) is 37.8 Å². The molecule has 0 radical (unpaired) electrons. The van der Waals surface area contributed by atoms with Crippen LogP contribution in [0.1, 0.15) is 30.6 Å². The Bertz CT molecular complexity index is 990. The van der Waals surface area contributed by atoms with Crippen molar-refractivity contribution in [3.05, 3.63) is 46.3 Å². The molecule has 1 aliphatic rings. The summed E-state index contributed by atoms with van der Waals surface area (Å²) in [5, 5.41) is 2.54. The molecule has 0 atom stereocenters. The second kappa shape index (κ2) is 7.57. The maximum atomic E-state index is 13.4. The standard InChI is InChI=1S/C17H20ClFN4O3S/c1-3-17(24)20-9-16-21-14-6-7-23(10-15(14)22(16)2)27(25,26)11-4-5-13(19)12(18)8-11/h4-5,8H,3,6-7,9-10H2,1-2H3,(H,20,24). The van der Waals surface area contributed by atoms with Crippen molar-refractivity contribution >= 4 is 27.5 Å². The average Bonchev–Trinajstić information content (AvgIpc) is 2.97. The first kappa shape index (κ1) is 19.8. The highest BCUT2D eigenvalue weighted by molar-refractivity contribution is 7.89. The summed E-state index contributed by atoms with van der Waals surface area (Å²) in [5.74, 6) is -0.0683. The fourth-order valence-corrected chi connectivity index (χ4v) is 4.65. The zero-order chi connectivity index (χ0) is 19.8. The highest BCUT2D eigenvalue weighted by Gasteiger charge is 2.31. The minimum absolute atomic E-state index is 0.0463. The van der Waals surface area contributed by atoms with Gasteiger partial charge in [-0.25, -0.2) is 17.8 Å². The quantitative estimate of drug-likeness (QED) is 0.810. The van der Waals surface area contributed by atoms with Gasteiger partial charge in [0, 0.05) is 26.4 Å². The van der Waals surface area contributed by atoms with Gasteiger partial charge in [0.05, 0.1) is 34.4 Å². The van der Waals surface area contributed by atoms with Crippen molar-refractivity contribution in [3.8, 4) is 0 Å². The summed E-state index contributed by atoms with van der Waals surface area (Å²) >= 11 is 5.73. The molecule has 0 fully saturated rings. The molecule has 2 aromatic rings. The second-order valence-corrected chi connectivity index (χ2v) is 8.62. The Morgan fingerprint density at radius 2 is 2.15 bits per heavy atom. The van der Waals surface area contributed by atoms with Crippen LogP contribution in [0.4, 0.5) is 4.39 Å². The number of aromatic nitrogens is 2. The zero-order valence-corrected chi connectivity index (χ0v) is 16.6. The van der Waals surface area contributed by atoms with E-state index in [4.69, 9.17) is 11.6 Å². The fourth-order valence-electron chi connectivity index (χ4n) is 2.97. The molecule has 1 aliphatic heterocycles. The minimum Gasteiger partial charge on any atom is -0.349 e. The molecule has 3 rings (SSSR count). The van der Waals surface area contributed by atoms with Crippen molar-refractivity contribution in [2.75, 3.05) is 6.54 Å². The SMILES string of the molecule is CCC(=O)NCc1nc2c(n1C)CN(S(=O)(=O)c1ccc(F)c(Cl)c1)CC2. The van der Waals surface area contributed by atoms with Gasteiger partial charge in [-0.3, -0.25) is 4.79 Å². The molecule has 7 nitrogen and oxygen atoms in total. The van der Waals surface area contributed by atoms with E-state index in [2.05, 4.69) is 10.3 Å². The number of benzene rings is 1. The molecule has 0 saturated heterocycles. The van der Waals surface area contributed by atoms with Crippen molar-refractivity contribution in [3.63, 3.8) is 0 Å². The molecule has 0 bridgehead atoms. The van der Waals surface area contributed by atoms with Crippen LogP contribution in [0.15, 0.2) is 23.1 Å². The van der Waals surface area contributed by atoms with Gasteiger partial charge in [-0.15, -0.1) is 0 Å². The van der Waals surface area contributed by atoms with Crippen LogP contribution in [0, 0.1) is 5.82 Å². The predicted molar refractivity (Wildman–Crippen MR) is 98.1 cm³/mol. The van der Waals surface area contributed by atoms with E-state index >= 15 is 0 Å². The molecule has 2 heterocycles. The lowest BCUT2D eigenvalue weighted by Gasteiger charge is -2.26. The highest BCUT2D eigenvalue weighted by Crippen LogP contribution is 2.27. The van der Waals surface area contributed by atoms with Crippen LogP contribution in [0.5, 0.6) is 0 Å². The Morgan fingerprint density at radius 3 is 2.81 bits per heavy atom. The molecule has 1 N–H and O–H groups in total. The summed E-state index contributed by atoms with van der Waals surface area (Å²) in [5.41, 5.74) is 1.60. The molecule has 0 spiro atoms. The number of nitrogens with zero attached hydrogens (tertiary/aromatic N) is 3. The molecular formula is C17H20ClFN4O3S. The number of carbonyl (C=O) groups is 1. The van der Waals surface area contributed by atoms with E-state index in [0.717, 1.165) is 23.5 Å². The lowest BCUT2D eigenvalue weighted by atomic mass is 10.2. The van der Waals surface area contributed by atoms with Gasteiger partial charge < -0.3 is 9.88 Å². The highest BCUT2D eigenvalue weighted by atomic mass is 35.5. The summed E-state index contributed by atoms with van der Waals surface area (Å²) < 4.78 is 42.3. The average molecular weight is 415 g/mol. The van der Waals surface area contributed by atoms with Crippen LogP contribution in [-0.2, 0) is 41.4 Å². The molecule has 146 valence electrons.